The van der Waals surface area contributed by atoms with Gasteiger partial charge in [0.15, 0.2) is 5.01 Å². The van der Waals surface area contributed by atoms with Crippen LogP contribution in [-0.4, -0.2) is 33.7 Å². The molecule has 1 heterocycles. The molecular formula is C27H24Cl2N4O4S. The predicted octanol–water partition coefficient (Wildman–Crippen LogP) is 7.29. The van der Waals surface area contributed by atoms with Crippen molar-refractivity contribution >= 4 is 57.2 Å². The molecule has 0 aliphatic carbocycles. The van der Waals surface area contributed by atoms with Gasteiger partial charge in [-0.25, -0.2) is 0 Å². The molecule has 4 rings (SSSR count). The quantitative estimate of drug-likeness (QED) is 0.172. The highest BCUT2D eigenvalue weighted by atomic mass is 35.5. The number of amides is 2. The van der Waals surface area contributed by atoms with Crippen molar-refractivity contribution in [2.45, 2.75) is 26.2 Å². The van der Waals surface area contributed by atoms with Gasteiger partial charge < -0.3 is 15.2 Å². The maximum atomic E-state index is 12.7. The molecule has 4 aromatic rings. The Hall–Kier alpha value is -3.66. The van der Waals surface area contributed by atoms with E-state index in [2.05, 4.69) is 27.8 Å². The molecule has 0 saturated heterocycles. The zero-order valence-electron chi connectivity index (χ0n) is 20.3. The number of unbranched alkanes of at least 4 members (excludes halogenated alkanes) is 2. The lowest BCUT2D eigenvalue weighted by Crippen LogP contribution is -2.14. The van der Waals surface area contributed by atoms with Gasteiger partial charge in [0.25, 0.3) is 11.8 Å². The number of nitrogens with zero attached hydrogens (tertiary/aromatic N) is 2. The van der Waals surface area contributed by atoms with E-state index in [-0.39, 0.29) is 21.8 Å². The molecule has 0 fully saturated rings. The first-order valence-corrected chi connectivity index (χ1v) is 13.4. The SMILES string of the molecule is CCCCCOc1ccc(NC(=O)c2ccc(C(=O)Nc3nnc(-c4cc(Cl)cc(Cl)c4O)s3)cc2)cc1. The molecule has 1 aromatic heterocycles. The maximum Gasteiger partial charge on any atom is 0.257 e. The molecule has 0 aliphatic rings. The lowest BCUT2D eigenvalue weighted by atomic mass is 10.1. The average molecular weight is 571 g/mol. The second kappa shape index (κ2) is 12.7. The largest absolute Gasteiger partial charge is 0.506 e. The third-order valence-corrected chi connectivity index (χ3v) is 6.82. The van der Waals surface area contributed by atoms with Gasteiger partial charge in [-0.2, -0.15) is 0 Å². The van der Waals surface area contributed by atoms with Crippen molar-refractivity contribution in [2.24, 2.45) is 0 Å². The summed E-state index contributed by atoms with van der Waals surface area (Å²) in [6.07, 6.45) is 3.27. The molecule has 0 radical (unpaired) electrons. The molecule has 3 aromatic carbocycles. The summed E-state index contributed by atoms with van der Waals surface area (Å²) in [4.78, 5) is 25.3. The summed E-state index contributed by atoms with van der Waals surface area (Å²) in [7, 11) is 0. The molecule has 2 amide bonds. The number of ether oxygens (including phenoxy) is 1. The number of hydrogen-bond acceptors (Lipinski definition) is 7. The summed E-state index contributed by atoms with van der Waals surface area (Å²) >= 11 is 13.0. The van der Waals surface area contributed by atoms with Gasteiger partial charge in [0, 0.05) is 21.8 Å². The summed E-state index contributed by atoms with van der Waals surface area (Å²) in [5.74, 6) is -0.152. The van der Waals surface area contributed by atoms with Gasteiger partial charge in [-0.05, 0) is 67.1 Å². The number of rotatable bonds is 10. The fraction of sp³-hybridized carbons (Fsp3) is 0.185. The summed E-state index contributed by atoms with van der Waals surface area (Å²) in [5, 5.41) is 24.6. The molecule has 0 spiro atoms. The van der Waals surface area contributed by atoms with Crippen LogP contribution in [0.4, 0.5) is 10.8 Å². The van der Waals surface area contributed by atoms with Crippen LogP contribution in [0.1, 0.15) is 46.9 Å². The van der Waals surface area contributed by atoms with Crippen molar-refractivity contribution in [3.8, 4) is 22.1 Å². The predicted molar refractivity (Wildman–Crippen MR) is 151 cm³/mol. The number of hydrogen-bond donors (Lipinski definition) is 3. The van der Waals surface area contributed by atoms with Gasteiger partial charge in [0.2, 0.25) is 5.13 Å². The highest BCUT2D eigenvalue weighted by molar-refractivity contribution is 7.18. The highest BCUT2D eigenvalue weighted by Gasteiger charge is 2.17. The first kappa shape index (κ1) is 27.4. The smallest absolute Gasteiger partial charge is 0.257 e. The van der Waals surface area contributed by atoms with E-state index < -0.39 is 5.91 Å². The number of halogens is 2. The van der Waals surface area contributed by atoms with E-state index in [0.717, 1.165) is 36.3 Å². The second-order valence-corrected chi connectivity index (χ2v) is 10.1. The Morgan fingerprint density at radius 2 is 1.58 bits per heavy atom. The zero-order valence-corrected chi connectivity index (χ0v) is 22.7. The van der Waals surface area contributed by atoms with E-state index in [0.29, 0.717) is 39.0 Å². The Bertz CT molecular complexity index is 1430. The fourth-order valence-electron chi connectivity index (χ4n) is 3.43. The third kappa shape index (κ3) is 7.00. The highest BCUT2D eigenvalue weighted by Crippen LogP contribution is 2.39. The average Bonchev–Trinajstić information content (AvgIpc) is 3.38. The molecule has 0 saturated carbocycles. The minimum atomic E-state index is -0.428. The first-order chi connectivity index (χ1) is 18.3. The summed E-state index contributed by atoms with van der Waals surface area (Å²) < 4.78 is 5.69. The van der Waals surface area contributed by atoms with Crippen molar-refractivity contribution < 1.29 is 19.4 Å². The van der Waals surface area contributed by atoms with Crippen LogP contribution in [0.25, 0.3) is 10.6 Å². The molecule has 3 N–H and O–H groups in total. The minimum Gasteiger partial charge on any atom is -0.506 e. The number of carbonyl (C=O) groups is 2. The van der Waals surface area contributed by atoms with Gasteiger partial charge in [0.1, 0.15) is 11.5 Å². The van der Waals surface area contributed by atoms with E-state index >= 15 is 0 Å². The van der Waals surface area contributed by atoms with E-state index in [1.54, 1.807) is 36.4 Å². The van der Waals surface area contributed by atoms with Crippen molar-refractivity contribution in [3.05, 3.63) is 81.8 Å². The van der Waals surface area contributed by atoms with Crippen LogP contribution in [0.15, 0.2) is 60.7 Å². The lowest BCUT2D eigenvalue weighted by Gasteiger charge is -2.09. The Morgan fingerprint density at radius 3 is 2.24 bits per heavy atom. The van der Waals surface area contributed by atoms with Crippen molar-refractivity contribution in [1.29, 1.82) is 0 Å². The topological polar surface area (TPSA) is 113 Å². The Balaban J connectivity index is 1.34. The summed E-state index contributed by atoms with van der Waals surface area (Å²) in [6, 6.07) is 16.3. The summed E-state index contributed by atoms with van der Waals surface area (Å²) in [6.45, 7) is 2.81. The fourth-order valence-corrected chi connectivity index (χ4v) is 4.68. The molecule has 11 heteroatoms. The molecule has 196 valence electrons. The Kier molecular flexibility index (Phi) is 9.17. The molecule has 0 aliphatic heterocycles. The van der Waals surface area contributed by atoms with Crippen LogP contribution >= 0.6 is 34.5 Å². The van der Waals surface area contributed by atoms with Crippen molar-refractivity contribution in [2.75, 3.05) is 17.2 Å². The maximum absolute atomic E-state index is 12.7. The van der Waals surface area contributed by atoms with E-state index in [1.807, 2.05) is 12.1 Å². The van der Waals surface area contributed by atoms with E-state index in [4.69, 9.17) is 27.9 Å². The number of aromatic hydroxyl groups is 1. The number of phenolic OH excluding ortho intramolecular Hbond substituents is 1. The Morgan fingerprint density at radius 1 is 0.921 bits per heavy atom. The van der Waals surface area contributed by atoms with Crippen LogP contribution in [0.5, 0.6) is 11.5 Å². The monoisotopic (exact) mass is 570 g/mol. The molecular weight excluding hydrogens is 547 g/mol. The van der Waals surface area contributed by atoms with Gasteiger partial charge in [-0.3, -0.25) is 14.9 Å². The number of benzene rings is 3. The lowest BCUT2D eigenvalue weighted by molar-refractivity contribution is 0.101. The van der Waals surface area contributed by atoms with Crippen LogP contribution in [0, 0.1) is 0 Å². The van der Waals surface area contributed by atoms with Crippen molar-refractivity contribution in [1.82, 2.24) is 10.2 Å². The molecule has 38 heavy (non-hydrogen) atoms. The van der Waals surface area contributed by atoms with Gasteiger partial charge in [-0.15, -0.1) is 10.2 Å². The molecule has 8 nitrogen and oxygen atoms in total. The van der Waals surface area contributed by atoms with E-state index in [1.165, 1.54) is 12.1 Å². The second-order valence-electron chi connectivity index (χ2n) is 8.26. The minimum absolute atomic E-state index is 0.0845. The third-order valence-electron chi connectivity index (χ3n) is 5.44. The first-order valence-electron chi connectivity index (χ1n) is 11.8. The van der Waals surface area contributed by atoms with Crippen LogP contribution in [0.2, 0.25) is 10.0 Å². The summed E-state index contributed by atoms with van der Waals surface area (Å²) in [5.41, 5.74) is 1.67. The molecule has 0 atom stereocenters. The van der Waals surface area contributed by atoms with Crippen LogP contribution in [0.3, 0.4) is 0 Å². The Labute approximate surface area is 233 Å². The van der Waals surface area contributed by atoms with Gasteiger partial charge in [-0.1, -0.05) is 54.3 Å². The number of carbonyl (C=O) groups excluding carboxylic acids is 2. The normalized spacial score (nSPS) is 10.7. The van der Waals surface area contributed by atoms with Crippen molar-refractivity contribution in [3.63, 3.8) is 0 Å². The number of nitrogens with one attached hydrogen (secondary N) is 2. The van der Waals surface area contributed by atoms with Gasteiger partial charge in [0.05, 0.1) is 17.2 Å². The number of aromatic nitrogens is 2. The zero-order chi connectivity index (χ0) is 27.1. The standard InChI is InChI=1S/C27H24Cl2N4O4S/c1-2-3-4-13-37-20-11-9-19(10-12-20)30-24(35)16-5-7-17(8-6-16)25(36)31-27-33-32-26(38-27)21-14-18(28)15-22(29)23(21)34/h5-12,14-15,34H,2-4,13H2,1H3,(H,30,35)(H,31,33,36). The molecule has 0 unspecified atom stereocenters. The van der Waals surface area contributed by atoms with E-state index in [9.17, 15) is 14.7 Å². The number of anilines is 2. The van der Waals surface area contributed by atoms with Crippen LogP contribution in [-0.2, 0) is 0 Å². The number of phenols is 1. The van der Waals surface area contributed by atoms with Crippen LogP contribution < -0.4 is 15.4 Å². The van der Waals surface area contributed by atoms with Gasteiger partial charge >= 0.3 is 0 Å². The molecule has 0 bridgehead atoms.